The maximum Gasteiger partial charge on any atom is 0.306 e. The van der Waals surface area contributed by atoms with Gasteiger partial charge < -0.3 is 9.47 Å². The highest BCUT2D eigenvalue weighted by atomic mass is 16.6. The van der Waals surface area contributed by atoms with Crippen molar-refractivity contribution in [2.24, 2.45) is 5.92 Å². The van der Waals surface area contributed by atoms with Gasteiger partial charge in [-0.15, -0.1) is 0 Å². The second-order valence-electron chi connectivity index (χ2n) is 4.54. The highest BCUT2D eigenvalue weighted by molar-refractivity contribution is 5.70. The molecule has 0 aliphatic carbocycles. The molecule has 0 N–H and O–H groups in total. The maximum atomic E-state index is 11.2. The van der Waals surface area contributed by atoms with E-state index in [0.717, 1.165) is 12.0 Å². The van der Waals surface area contributed by atoms with Crippen LogP contribution >= 0.6 is 0 Å². The van der Waals surface area contributed by atoms with Crippen molar-refractivity contribution in [3.05, 3.63) is 35.9 Å². The Balaban J connectivity index is 1.76. The first-order chi connectivity index (χ1) is 8.25. The summed E-state index contributed by atoms with van der Waals surface area (Å²) >= 11 is 0. The van der Waals surface area contributed by atoms with E-state index in [2.05, 4.69) is 6.92 Å². The van der Waals surface area contributed by atoms with Crippen molar-refractivity contribution >= 4 is 5.97 Å². The number of carbonyl (C=O) groups is 1. The number of hydrogen-bond donors (Lipinski definition) is 0. The lowest BCUT2D eigenvalue weighted by Crippen LogP contribution is -2.34. The summed E-state index contributed by atoms with van der Waals surface area (Å²) < 4.78 is 10.9. The monoisotopic (exact) mass is 234 g/mol. The SMILES string of the molecule is C[C@@H]1CCC(=O)O[C@@H]1COCc1ccccc1. The average molecular weight is 234 g/mol. The Morgan fingerprint density at radius 3 is 2.88 bits per heavy atom. The second-order valence-corrected chi connectivity index (χ2v) is 4.54. The van der Waals surface area contributed by atoms with E-state index in [0.29, 0.717) is 25.6 Å². The number of rotatable bonds is 4. The minimum atomic E-state index is -0.101. The molecule has 0 bridgehead atoms. The molecule has 1 aliphatic rings. The Labute approximate surface area is 102 Å². The van der Waals surface area contributed by atoms with Gasteiger partial charge in [0.1, 0.15) is 6.10 Å². The molecule has 1 fully saturated rings. The van der Waals surface area contributed by atoms with Crippen LogP contribution in [0.25, 0.3) is 0 Å². The van der Waals surface area contributed by atoms with Gasteiger partial charge in [-0.3, -0.25) is 4.79 Å². The summed E-state index contributed by atoms with van der Waals surface area (Å²) in [6.45, 7) is 3.16. The standard InChI is InChI=1S/C14H18O3/c1-11-7-8-14(15)17-13(11)10-16-9-12-5-3-2-4-6-12/h2-6,11,13H,7-10H2,1H3/t11-,13-/m1/s1. The number of benzene rings is 1. The first kappa shape index (κ1) is 12.1. The van der Waals surface area contributed by atoms with Crippen molar-refractivity contribution in [2.45, 2.75) is 32.5 Å². The number of ether oxygens (including phenoxy) is 2. The molecule has 3 heteroatoms. The quantitative estimate of drug-likeness (QED) is 0.751. The molecular formula is C14H18O3. The molecule has 1 aromatic carbocycles. The van der Waals surface area contributed by atoms with E-state index in [1.165, 1.54) is 0 Å². The molecule has 2 atom stereocenters. The Morgan fingerprint density at radius 2 is 2.12 bits per heavy atom. The third kappa shape index (κ3) is 3.56. The van der Waals surface area contributed by atoms with Crippen LogP contribution in [-0.2, 0) is 20.9 Å². The normalized spacial score (nSPS) is 24.4. The number of esters is 1. The molecule has 92 valence electrons. The minimum Gasteiger partial charge on any atom is -0.460 e. The molecule has 2 rings (SSSR count). The van der Waals surface area contributed by atoms with E-state index in [9.17, 15) is 4.79 Å². The fourth-order valence-electron chi connectivity index (χ4n) is 1.94. The molecule has 1 saturated heterocycles. The van der Waals surface area contributed by atoms with Crippen molar-refractivity contribution in [3.63, 3.8) is 0 Å². The molecule has 0 aromatic heterocycles. The molecule has 0 amide bonds. The third-order valence-corrected chi connectivity index (χ3v) is 3.11. The first-order valence-electron chi connectivity index (χ1n) is 6.07. The average Bonchev–Trinajstić information content (AvgIpc) is 2.35. The van der Waals surface area contributed by atoms with Crippen LogP contribution in [0.1, 0.15) is 25.3 Å². The topological polar surface area (TPSA) is 35.5 Å². The van der Waals surface area contributed by atoms with Crippen LogP contribution in [0.5, 0.6) is 0 Å². The molecule has 0 unspecified atom stereocenters. The van der Waals surface area contributed by atoms with Crippen LogP contribution in [0.4, 0.5) is 0 Å². The smallest absolute Gasteiger partial charge is 0.306 e. The highest BCUT2D eigenvalue weighted by Crippen LogP contribution is 2.21. The first-order valence-corrected chi connectivity index (χ1v) is 6.07. The van der Waals surface area contributed by atoms with Gasteiger partial charge in [0.25, 0.3) is 0 Å². The second kappa shape index (κ2) is 5.82. The summed E-state index contributed by atoms with van der Waals surface area (Å²) in [6, 6.07) is 10.0. The van der Waals surface area contributed by atoms with Gasteiger partial charge >= 0.3 is 5.97 Å². The summed E-state index contributed by atoms with van der Waals surface area (Å²) in [5.41, 5.74) is 1.14. The predicted molar refractivity (Wildman–Crippen MR) is 64.4 cm³/mol. The zero-order valence-electron chi connectivity index (χ0n) is 10.1. The Morgan fingerprint density at radius 1 is 1.35 bits per heavy atom. The van der Waals surface area contributed by atoms with E-state index in [1.807, 2.05) is 30.3 Å². The zero-order chi connectivity index (χ0) is 12.1. The lowest BCUT2D eigenvalue weighted by molar-refractivity contribution is -0.162. The van der Waals surface area contributed by atoms with Crippen LogP contribution in [0.3, 0.4) is 0 Å². The van der Waals surface area contributed by atoms with Crippen LogP contribution in [0, 0.1) is 5.92 Å². The largest absolute Gasteiger partial charge is 0.460 e. The molecule has 3 nitrogen and oxygen atoms in total. The van der Waals surface area contributed by atoms with Gasteiger partial charge in [-0.1, -0.05) is 37.3 Å². The molecule has 0 saturated carbocycles. The van der Waals surface area contributed by atoms with E-state index in [1.54, 1.807) is 0 Å². The van der Waals surface area contributed by atoms with Crippen LogP contribution in [0.2, 0.25) is 0 Å². The van der Waals surface area contributed by atoms with Crippen molar-refractivity contribution in [2.75, 3.05) is 6.61 Å². The zero-order valence-corrected chi connectivity index (χ0v) is 10.1. The fourth-order valence-corrected chi connectivity index (χ4v) is 1.94. The van der Waals surface area contributed by atoms with Gasteiger partial charge in [-0.2, -0.15) is 0 Å². The highest BCUT2D eigenvalue weighted by Gasteiger charge is 2.27. The Kier molecular flexibility index (Phi) is 4.15. The van der Waals surface area contributed by atoms with Gasteiger partial charge in [0.2, 0.25) is 0 Å². The van der Waals surface area contributed by atoms with Crippen LogP contribution in [-0.4, -0.2) is 18.7 Å². The molecule has 1 aromatic rings. The van der Waals surface area contributed by atoms with Crippen molar-refractivity contribution < 1.29 is 14.3 Å². The van der Waals surface area contributed by atoms with E-state index in [4.69, 9.17) is 9.47 Å². The minimum absolute atomic E-state index is 0.0834. The summed E-state index contributed by atoms with van der Waals surface area (Å²) in [5, 5.41) is 0. The fraction of sp³-hybridized carbons (Fsp3) is 0.500. The lowest BCUT2D eigenvalue weighted by Gasteiger charge is -2.28. The predicted octanol–water partition coefficient (Wildman–Crippen LogP) is 2.54. The van der Waals surface area contributed by atoms with E-state index < -0.39 is 0 Å². The van der Waals surface area contributed by atoms with Crippen molar-refractivity contribution in [1.82, 2.24) is 0 Å². The number of cyclic esters (lactones) is 1. The van der Waals surface area contributed by atoms with Crippen molar-refractivity contribution in [1.29, 1.82) is 0 Å². The van der Waals surface area contributed by atoms with Crippen LogP contribution < -0.4 is 0 Å². The van der Waals surface area contributed by atoms with Crippen LogP contribution in [0.15, 0.2) is 30.3 Å². The third-order valence-electron chi connectivity index (χ3n) is 3.11. The lowest BCUT2D eigenvalue weighted by atomic mass is 9.97. The van der Waals surface area contributed by atoms with Gasteiger partial charge in [0, 0.05) is 6.42 Å². The molecule has 0 spiro atoms. The Bertz CT molecular complexity index is 361. The number of hydrogen-bond acceptors (Lipinski definition) is 3. The van der Waals surface area contributed by atoms with Gasteiger partial charge in [0.15, 0.2) is 0 Å². The molecular weight excluding hydrogens is 216 g/mol. The van der Waals surface area contributed by atoms with Gasteiger partial charge in [-0.25, -0.2) is 0 Å². The molecule has 0 radical (unpaired) electrons. The van der Waals surface area contributed by atoms with Gasteiger partial charge in [-0.05, 0) is 17.9 Å². The summed E-state index contributed by atoms with van der Waals surface area (Å²) in [6.07, 6.45) is 1.36. The molecule has 1 aliphatic heterocycles. The van der Waals surface area contributed by atoms with Gasteiger partial charge in [0.05, 0.1) is 13.2 Å². The van der Waals surface area contributed by atoms with Crippen molar-refractivity contribution in [3.8, 4) is 0 Å². The molecule has 1 heterocycles. The number of carbonyl (C=O) groups excluding carboxylic acids is 1. The maximum absolute atomic E-state index is 11.2. The summed E-state index contributed by atoms with van der Waals surface area (Å²) in [7, 11) is 0. The van der Waals surface area contributed by atoms with E-state index in [-0.39, 0.29) is 12.1 Å². The van der Waals surface area contributed by atoms with E-state index >= 15 is 0 Å². The molecule has 17 heavy (non-hydrogen) atoms. The summed E-state index contributed by atoms with van der Waals surface area (Å²) in [5.74, 6) is 0.292. The Hall–Kier alpha value is -1.35. The summed E-state index contributed by atoms with van der Waals surface area (Å²) in [4.78, 5) is 11.2.